The van der Waals surface area contributed by atoms with Crippen LogP contribution in [0.1, 0.15) is 5.56 Å². The van der Waals surface area contributed by atoms with E-state index in [4.69, 9.17) is 13.5 Å². The summed E-state index contributed by atoms with van der Waals surface area (Å²) in [4.78, 5) is 10.5. The minimum absolute atomic E-state index is 0.202. The minimum atomic E-state index is 0.202. The molecule has 0 unspecified atom stereocenters. The fourth-order valence-electron chi connectivity index (χ4n) is 1.08. The van der Waals surface area contributed by atoms with Gasteiger partial charge in [0, 0.05) is 0 Å². The topological polar surface area (TPSA) is 55.8 Å². The van der Waals surface area contributed by atoms with Crippen molar-refractivity contribution in [1.29, 1.82) is 0 Å². The van der Waals surface area contributed by atoms with Crippen molar-refractivity contribution in [1.82, 2.24) is 0 Å². The molecule has 0 saturated heterocycles. The molecular formula is C9H6O4S. The van der Waals surface area contributed by atoms with Gasteiger partial charge >= 0.3 is 0 Å². The lowest BCUT2D eigenvalue weighted by Gasteiger charge is -1.99. The number of hydrogen-bond acceptors (Lipinski definition) is 5. The summed E-state index contributed by atoms with van der Waals surface area (Å²) in [5, 5.41) is 8.76. The first-order valence-electron chi connectivity index (χ1n) is 3.80. The maximum absolute atomic E-state index is 10.5. The summed E-state index contributed by atoms with van der Waals surface area (Å²) in [6.07, 6.45) is 1.34. The standard InChI is InChI=1S/C9H6O4S/c10-4-7(5-11)6-1-2-8-9(3-6)13-14-12-8/h1-5,10H/b7-4+. The van der Waals surface area contributed by atoms with Crippen molar-refractivity contribution in [2.45, 2.75) is 0 Å². The molecule has 0 aliphatic carbocycles. The van der Waals surface area contributed by atoms with E-state index in [2.05, 4.69) is 0 Å². The Labute approximate surface area is 84.6 Å². The van der Waals surface area contributed by atoms with E-state index >= 15 is 0 Å². The second-order valence-corrected chi connectivity index (χ2v) is 3.07. The van der Waals surface area contributed by atoms with Crippen LogP contribution in [-0.2, 0) is 4.79 Å². The molecule has 0 spiro atoms. The summed E-state index contributed by atoms with van der Waals surface area (Å²) >= 11 is 0.868. The molecular weight excluding hydrogens is 204 g/mol. The summed E-state index contributed by atoms with van der Waals surface area (Å²) in [6.45, 7) is 0. The lowest BCUT2D eigenvalue weighted by molar-refractivity contribution is -0.103. The van der Waals surface area contributed by atoms with Crippen molar-refractivity contribution >= 4 is 24.2 Å². The third-order valence-electron chi connectivity index (χ3n) is 1.79. The Bertz CT molecular complexity index is 400. The van der Waals surface area contributed by atoms with Gasteiger partial charge in [-0.15, -0.1) is 0 Å². The third kappa shape index (κ3) is 1.42. The van der Waals surface area contributed by atoms with Gasteiger partial charge in [0.05, 0.1) is 11.8 Å². The van der Waals surface area contributed by atoms with Gasteiger partial charge in [0.15, 0.2) is 17.8 Å². The van der Waals surface area contributed by atoms with Crippen LogP contribution in [0.15, 0.2) is 24.5 Å². The molecule has 1 aliphatic rings. The Morgan fingerprint density at radius 1 is 1.36 bits per heavy atom. The van der Waals surface area contributed by atoms with Gasteiger partial charge in [0.25, 0.3) is 12.3 Å². The molecule has 2 rings (SSSR count). The zero-order chi connectivity index (χ0) is 9.97. The molecule has 4 nitrogen and oxygen atoms in total. The molecule has 0 aromatic heterocycles. The van der Waals surface area contributed by atoms with E-state index in [0.29, 0.717) is 23.3 Å². The van der Waals surface area contributed by atoms with Crippen LogP contribution in [-0.4, -0.2) is 11.4 Å². The predicted molar refractivity (Wildman–Crippen MR) is 52.0 cm³/mol. The highest BCUT2D eigenvalue weighted by Gasteiger charge is 2.16. The number of aliphatic hydroxyl groups excluding tert-OH is 1. The summed E-state index contributed by atoms with van der Waals surface area (Å²) in [7, 11) is 0. The van der Waals surface area contributed by atoms with Crippen LogP contribution in [0.5, 0.6) is 11.5 Å². The summed E-state index contributed by atoms with van der Waals surface area (Å²) in [6, 6.07) is 4.98. The molecule has 72 valence electrons. The van der Waals surface area contributed by atoms with Gasteiger partial charge in [0.2, 0.25) is 0 Å². The molecule has 0 amide bonds. The number of carbonyl (C=O) groups is 1. The number of rotatable bonds is 2. The molecule has 1 aromatic rings. The van der Waals surface area contributed by atoms with Crippen LogP contribution in [0, 0.1) is 0 Å². The van der Waals surface area contributed by atoms with Crippen LogP contribution in [0.2, 0.25) is 0 Å². The Morgan fingerprint density at radius 2 is 2.14 bits per heavy atom. The van der Waals surface area contributed by atoms with Gasteiger partial charge in [-0.1, -0.05) is 6.07 Å². The van der Waals surface area contributed by atoms with Crippen molar-refractivity contribution in [3.8, 4) is 11.5 Å². The maximum Gasteiger partial charge on any atom is 0.293 e. The van der Waals surface area contributed by atoms with E-state index in [-0.39, 0.29) is 5.57 Å². The van der Waals surface area contributed by atoms with E-state index in [1.165, 1.54) is 0 Å². The van der Waals surface area contributed by atoms with Crippen molar-refractivity contribution in [2.75, 3.05) is 0 Å². The fourth-order valence-corrected chi connectivity index (χ4v) is 1.53. The van der Waals surface area contributed by atoms with Crippen LogP contribution in [0.3, 0.4) is 0 Å². The van der Waals surface area contributed by atoms with E-state index in [0.717, 1.165) is 18.6 Å². The highest BCUT2D eigenvalue weighted by atomic mass is 32.2. The number of hydrogen-bond donors (Lipinski definition) is 1. The van der Waals surface area contributed by atoms with Gasteiger partial charge in [-0.2, -0.15) is 0 Å². The van der Waals surface area contributed by atoms with Crippen molar-refractivity contribution in [2.24, 2.45) is 0 Å². The first-order chi connectivity index (χ1) is 6.85. The molecule has 5 heteroatoms. The van der Waals surface area contributed by atoms with Crippen LogP contribution >= 0.6 is 12.3 Å². The van der Waals surface area contributed by atoms with Crippen molar-refractivity contribution in [3.63, 3.8) is 0 Å². The van der Waals surface area contributed by atoms with Crippen molar-refractivity contribution in [3.05, 3.63) is 30.0 Å². The molecule has 1 heterocycles. The van der Waals surface area contributed by atoms with Crippen LogP contribution in [0.4, 0.5) is 0 Å². The van der Waals surface area contributed by atoms with E-state index < -0.39 is 0 Å². The molecule has 1 aromatic carbocycles. The smallest absolute Gasteiger partial charge is 0.293 e. The Hall–Kier alpha value is -1.62. The zero-order valence-corrected chi connectivity index (χ0v) is 7.78. The highest BCUT2D eigenvalue weighted by Crippen LogP contribution is 2.39. The number of aliphatic hydroxyl groups is 1. The van der Waals surface area contributed by atoms with Gasteiger partial charge in [-0.3, -0.25) is 4.79 Å². The zero-order valence-electron chi connectivity index (χ0n) is 6.97. The largest absolute Gasteiger partial charge is 0.515 e. The Kier molecular flexibility index (Phi) is 2.32. The summed E-state index contributed by atoms with van der Waals surface area (Å²) in [5.74, 6) is 1.16. The first kappa shape index (κ1) is 8.96. The van der Waals surface area contributed by atoms with Gasteiger partial charge in [-0.25, -0.2) is 0 Å². The molecule has 0 radical (unpaired) electrons. The lowest BCUT2D eigenvalue weighted by Crippen LogP contribution is -1.85. The predicted octanol–water partition coefficient (Wildman–Crippen LogP) is 2.12. The average Bonchev–Trinajstić information content (AvgIpc) is 2.66. The van der Waals surface area contributed by atoms with Gasteiger partial charge in [0.1, 0.15) is 0 Å². The normalized spacial score (nSPS) is 14.1. The second kappa shape index (κ2) is 3.63. The number of fused-ring (bicyclic) bond motifs is 1. The highest BCUT2D eigenvalue weighted by molar-refractivity contribution is 7.90. The van der Waals surface area contributed by atoms with E-state index in [1.807, 2.05) is 0 Å². The average molecular weight is 210 g/mol. The number of carbonyl (C=O) groups excluding carboxylic acids is 1. The monoisotopic (exact) mass is 210 g/mol. The molecule has 0 atom stereocenters. The molecule has 1 aliphatic heterocycles. The van der Waals surface area contributed by atoms with Crippen LogP contribution in [0.25, 0.3) is 5.57 Å². The number of allylic oxidation sites excluding steroid dienone is 1. The van der Waals surface area contributed by atoms with Gasteiger partial charge < -0.3 is 13.5 Å². The van der Waals surface area contributed by atoms with Gasteiger partial charge in [-0.05, 0) is 17.7 Å². The minimum Gasteiger partial charge on any atom is -0.515 e. The lowest BCUT2D eigenvalue weighted by atomic mass is 10.1. The summed E-state index contributed by atoms with van der Waals surface area (Å²) < 4.78 is 10.1. The van der Waals surface area contributed by atoms with Crippen LogP contribution < -0.4 is 8.37 Å². The SMILES string of the molecule is O=C/C(=C\O)c1ccc2c(c1)OSO2. The molecule has 1 N–H and O–H groups in total. The Balaban J connectivity index is 2.42. The second-order valence-electron chi connectivity index (χ2n) is 2.60. The fraction of sp³-hybridized carbons (Fsp3) is 0. The quantitative estimate of drug-likeness (QED) is 0.350. The molecule has 0 bridgehead atoms. The van der Waals surface area contributed by atoms with E-state index in [9.17, 15) is 4.79 Å². The third-order valence-corrected chi connectivity index (χ3v) is 2.29. The number of aldehydes is 1. The first-order valence-corrected chi connectivity index (χ1v) is 4.47. The van der Waals surface area contributed by atoms with E-state index in [1.54, 1.807) is 18.2 Å². The Morgan fingerprint density at radius 3 is 2.86 bits per heavy atom. The number of benzene rings is 1. The molecule has 0 fully saturated rings. The maximum atomic E-state index is 10.5. The summed E-state index contributed by atoms with van der Waals surface area (Å²) in [5.41, 5.74) is 0.792. The molecule has 14 heavy (non-hydrogen) atoms. The molecule has 0 saturated carbocycles. The van der Waals surface area contributed by atoms with Crippen molar-refractivity contribution < 1.29 is 18.3 Å².